The van der Waals surface area contributed by atoms with Crippen molar-refractivity contribution in [3.8, 4) is 0 Å². The number of rotatable bonds is 7. The van der Waals surface area contributed by atoms with E-state index in [1.54, 1.807) is 64.4 Å². The van der Waals surface area contributed by atoms with Gasteiger partial charge < -0.3 is 15.5 Å². The minimum atomic E-state index is -0.671. The average Bonchev–Trinajstić information content (AvgIpc) is 2.82. The molecule has 1 heterocycles. The fourth-order valence-electron chi connectivity index (χ4n) is 3.08. The number of allylic oxidation sites excluding steroid dienone is 1. The van der Waals surface area contributed by atoms with Crippen LogP contribution in [0.25, 0.3) is 6.08 Å². The highest BCUT2D eigenvalue weighted by atomic mass is 32.2. The Hall–Kier alpha value is -3.91. The van der Waals surface area contributed by atoms with Crippen LogP contribution in [0.1, 0.15) is 42.4 Å². The van der Waals surface area contributed by atoms with E-state index in [0.29, 0.717) is 16.8 Å². The molecule has 180 valence electrons. The van der Waals surface area contributed by atoms with Crippen LogP contribution in [0, 0.1) is 5.41 Å². The monoisotopic (exact) mass is 488 g/mol. The van der Waals surface area contributed by atoms with Crippen molar-refractivity contribution in [3.05, 3.63) is 89.8 Å². The molecule has 0 radical (unpaired) electrons. The summed E-state index contributed by atoms with van der Waals surface area (Å²) in [6, 6.07) is 18.2. The first-order chi connectivity index (χ1) is 16.7. The van der Waals surface area contributed by atoms with Gasteiger partial charge in [-0.1, -0.05) is 30.0 Å². The number of nitrogens with one attached hydrogen (secondary N) is 3. The van der Waals surface area contributed by atoms with E-state index in [0.717, 1.165) is 15.5 Å². The number of benzene rings is 2. The molecule has 0 spiro atoms. The standard InChI is InChI=1S/C27H28N4O3S/c1-27(2,3)34-26(33)31-23-17-19(35-24-11-6-5-10-21(24)25(32)29-4)13-14-20(23)22(28)15-12-18-9-7-8-16-30-18/h5-17,28H,1-4H3,(H,29,32)(H,31,33)/b15-12+,28-22?. The number of amides is 2. The molecule has 8 heteroatoms. The Kier molecular flexibility index (Phi) is 8.43. The van der Waals surface area contributed by atoms with Crippen LogP contribution in [-0.2, 0) is 4.74 Å². The second-order valence-corrected chi connectivity index (χ2v) is 9.63. The summed E-state index contributed by atoms with van der Waals surface area (Å²) < 4.78 is 5.42. The van der Waals surface area contributed by atoms with Crippen LogP contribution in [0.15, 0.2) is 82.7 Å². The number of aromatic nitrogens is 1. The summed E-state index contributed by atoms with van der Waals surface area (Å²) in [5.74, 6) is -0.182. The number of hydrogen-bond acceptors (Lipinski definition) is 6. The number of nitrogens with zero attached hydrogens (tertiary/aromatic N) is 1. The van der Waals surface area contributed by atoms with Crippen LogP contribution in [-0.4, -0.2) is 35.3 Å². The molecule has 0 saturated heterocycles. The average molecular weight is 489 g/mol. The van der Waals surface area contributed by atoms with E-state index >= 15 is 0 Å². The van der Waals surface area contributed by atoms with Gasteiger partial charge in [0.25, 0.3) is 5.91 Å². The lowest BCUT2D eigenvalue weighted by molar-refractivity contribution is 0.0635. The predicted octanol–water partition coefficient (Wildman–Crippen LogP) is 6.02. The molecule has 3 rings (SSSR count). The Morgan fingerprint density at radius 1 is 1.03 bits per heavy atom. The van der Waals surface area contributed by atoms with Gasteiger partial charge in [-0.15, -0.1) is 0 Å². The Morgan fingerprint density at radius 2 is 1.77 bits per heavy atom. The number of hydrogen-bond donors (Lipinski definition) is 3. The highest BCUT2D eigenvalue weighted by Crippen LogP contribution is 2.33. The van der Waals surface area contributed by atoms with Gasteiger partial charge in [-0.25, -0.2) is 4.79 Å². The van der Waals surface area contributed by atoms with Crippen molar-refractivity contribution in [2.24, 2.45) is 0 Å². The third-order valence-electron chi connectivity index (χ3n) is 4.61. The second-order valence-electron chi connectivity index (χ2n) is 8.51. The highest BCUT2D eigenvalue weighted by molar-refractivity contribution is 7.99. The number of pyridine rings is 1. The molecule has 0 fully saturated rings. The molecule has 1 aromatic heterocycles. The smallest absolute Gasteiger partial charge is 0.412 e. The number of carbonyl (C=O) groups excluding carboxylic acids is 2. The zero-order valence-corrected chi connectivity index (χ0v) is 20.9. The maximum atomic E-state index is 12.5. The first kappa shape index (κ1) is 25.7. The molecule has 2 amide bonds. The minimum absolute atomic E-state index is 0.182. The minimum Gasteiger partial charge on any atom is -0.444 e. The first-order valence-electron chi connectivity index (χ1n) is 11.0. The van der Waals surface area contributed by atoms with Crippen molar-refractivity contribution in [2.75, 3.05) is 12.4 Å². The summed E-state index contributed by atoms with van der Waals surface area (Å²) in [5, 5.41) is 14.0. The van der Waals surface area contributed by atoms with E-state index in [1.165, 1.54) is 11.8 Å². The van der Waals surface area contributed by atoms with Crippen molar-refractivity contribution in [1.29, 1.82) is 5.41 Å². The van der Waals surface area contributed by atoms with Gasteiger partial charge >= 0.3 is 6.09 Å². The fraction of sp³-hybridized carbons (Fsp3) is 0.185. The van der Waals surface area contributed by atoms with Crippen LogP contribution >= 0.6 is 11.8 Å². The van der Waals surface area contributed by atoms with E-state index in [-0.39, 0.29) is 11.6 Å². The molecular formula is C27H28N4O3S. The zero-order chi connectivity index (χ0) is 25.4. The van der Waals surface area contributed by atoms with Crippen LogP contribution < -0.4 is 10.6 Å². The molecule has 0 atom stereocenters. The predicted molar refractivity (Wildman–Crippen MR) is 140 cm³/mol. The molecular weight excluding hydrogens is 460 g/mol. The maximum Gasteiger partial charge on any atom is 0.412 e. The van der Waals surface area contributed by atoms with Crippen molar-refractivity contribution in [1.82, 2.24) is 10.3 Å². The number of anilines is 1. The van der Waals surface area contributed by atoms with Gasteiger partial charge in [0.15, 0.2) is 0 Å². The molecule has 35 heavy (non-hydrogen) atoms. The molecule has 2 aromatic carbocycles. The van der Waals surface area contributed by atoms with Gasteiger partial charge in [-0.3, -0.25) is 15.1 Å². The van der Waals surface area contributed by atoms with Gasteiger partial charge in [-0.05, 0) is 75.4 Å². The summed E-state index contributed by atoms with van der Waals surface area (Å²) in [7, 11) is 1.59. The van der Waals surface area contributed by atoms with E-state index in [4.69, 9.17) is 10.1 Å². The zero-order valence-electron chi connectivity index (χ0n) is 20.1. The summed E-state index contributed by atoms with van der Waals surface area (Å²) in [6.45, 7) is 5.35. The Balaban J connectivity index is 1.94. The van der Waals surface area contributed by atoms with E-state index in [2.05, 4.69) is 15.6 Å². The molecule has 0 aliphatic rings. The number of ether oxygens (including phenoxy) is 1. The van der Waals surface area contributed by atoms with Crippen LogP contribution in [0.2, 0.25) is 0 Å². The first-order valence-corrected chi connectivity index (χ1v) is 11.8. The van der Waals surface area contributed by atoms with Gasteiger partial charge in [0.2, 0.25) is 0 Å². The fourth-order valence-corrected chi connectivity index (χ4v) is 4.06. The topological polar surface area (TPSA) is 104 Å². The van der Waals surface area contributed by atoms with E-state index in [1.807, 2.05) is 42.5 Å². The third-order valence-corrected chi connectivity index (χ3v) is 5.68. The Morgan fingerprint density at radius 3 is 2.46 bits per heavy atom. The molecule has 3 aromatic rings. The van der Waals surface area contributed by atoms with Gasteiger partial charge in [0.05, 0.1) is 22.7 Å². The molecule has 0 saturated carbocycles. The molecule has 7 nitrogen and oxygen atoms in total. The summed E-state index contributed by atoms with van der Waals surface area (Å²) in [6.07, 6.45) is 4.43. The van der Waals surface area contributed by atoms with Crippen LogP contribution in [0.5, 0.6) is 0 Å². The lowest BCUT2D eigenvalue weighted by Gasteiger charge is -2.20. The summed E-state index contributed by atoms with van der Waals surface area (Å²) in [4.78, 5) is 30.6. The van der Waals surface area contributed by atoms with E-state index in [9.17, 15) is 9.59 Å². The van der Waals surface area contributed by atoms with Crippen molar-refractivity contribution in [3.63, 3.8) is 0 Å². The van der Waals surface area contributed by atoms with Gasteiger partial charge in [-0.2, -0.15) is 0 Å². The molecule has 0 aliphatic carbocycles. The molecule has 3 N–H and O–H groups in total. The van der Waals surface area contributed by atoms with Crippen molar-refractivity contribution >= 4 is 41.2 Å². The maximum absolute atomic E-state index is 12.5. The second kappa shape index (κ2) is 11.5. The lowest BCUT2D eigenvalue weighted by atomic mass is 10.1. The van der Waals surface area contributed by atoms with Crippen molar-refractivity contribution < 1.29 is 14.3 Å². The largest absolute Gasteiger partial charge is 0.444 e. The molecule has 0 unspecified atom stereocenters. The SMILES string of the molecule is CNC(=O)c1ccccc1Sc1ccc(C(=N)/C=C/c2ccccn2)c(NC(=O)OC(C)(C)C)c1. The number of carbonyl (C=O) groups is 2. The normalized spacial score (nSPS) is 11.2. The molecule has 0 aliphatic heterocycles. The van der Waals surface area contributed by atoms with Gasteiger partial charge in [0, 0.05) is 28.6 Å². The third kappa shape index (κ3) is 7.55. The summed E-state index contributed by atoms with van der Waals surface area (Å²) >= 11 is 1.39. The van der Waals surface area contributed by atoms with E-state index < -0.39 is 11.7 Å². The highest BCUT2D eigenvalue weighted by Gasteiger charge is 2.19. The van der Waals surface area contributed by atoms with Crippen molar-refractivity contribution in [2.45, 2.75) is 36.2 Å². The Labute approximate surface area is 209 Å². The van der Waals surface area contributed by atoms with Gasteiger partial charge in [0.1, 0.15) is 5.60 Å². The van der Waals surface area contributed by atoms with Crippen LogP contribution in [0.4, 0.5) is 10.5 Å². The van der Waals surface area contributed by atoms with Crippen LogP contribution in [0.3, 0.4) is 0 Å². The quantitative estimate of drug-likeness (QED) is 0.353. The summed E-state index contributed by atoms with van der Waals surface area (Å²) in [5.41, 5.74) is 1.75. The molecule has 0 bridgehead atoms. The Bertz CT molecular complexity index is 1250. The lowest BCUT2D eigenvalue weighted by Crippen LogP contribution is -2.27.